The number of ether oxygens (including phenoxy) is 2. The van der Waals surface area contributed by atoms with Crippen molar-refractivity contribution in [3.63, 3.8) is 0 Å². The molecule has 0 aliphatic heterocycles. The Morgan fingerprint density at radius 2 is 1.65 bits per heavy atom. The van der Waals surface area contributed by atoms with Gasteiger partial charge in [0.25, 0.3) is 5.56 Å². The first-order valence-corrected chi connectivity index (χ1v) is 8.48. The van der Waals surface area contributed by atoms with Crippen molar-refractivity contribution in [2.45, 2.75) is 26.7 Å². The van der Waals surface area contributed by atoms with E-state index in [1.165, 1.54) is 11.6 Å². The first-order valence-electron chi connectivity index (χ1n) is 8.48. The summed E-state index contributed by atoms with van der Waals surface area (Å²) in [6.45, 7) is 3.12. The molecule has 138 valence electrons. The molecule has 2 heterocycles. The molecule has 0 saturated carbocycles. The zero-order valence-corrected chi connectivity index (χ0v) is 15.5. The van der Waals surface area contributed by atoms with Crippen molar-refractivity contribution in [3.05, 3.63) is 62.4 Å². The van der Waals surface area contributed by atoms with E-state index < -0.39 is 0 Å². The largest absolute Gasteiger partial charge is 0.487 e. The Balaban J connectivity index is 2.25. The highest BCUT2D eigenvalue weighted by Crippen LogP contribution is 2.25. The molecule has 0 amide bonds. The van der Waals surface area contributed by atoms with Crippen molar-refractivity contribution >= 4 is 11.0 Å². The van der Waals surface area contributed by atoms with Gasteiger partial charge in [-0.2, -0.15) is 0 Å². The Bertz CT molecular complexity index is 1040. The van der Waals surface area contributed by atoms with Crippen LogP contribution in [0.5, 0.6) is 5.75 Å². The predicted octanol–water partition coefficient (Wildman–Crippen LogP) is 1.78. The van der Waals surface area contributed by atoms with Crippen LogP contribution >= 0.6 is 0 Å². The molecule has 0 unspecified atom stereocenters. The molecule has 0 spiro atoms. The van der Waals surface area contributed by atoms with Gasteiger partial charge in [-0.05, 0) is 19.1 Å². The maximum absolute atomic E-state index is 12.8. The zero-order valence-electron chi connectivity index (χ0n) is 15.5. The fourth-order valence-corrected chi connectivity index (χ4v) is 3.33. The van der Waals surface area contributed by atoms with Crippen molar-refractivity contribution < 1.29 is 9.47 Å². The summed E-state index contributed by atoms with van der Waals surface area (Å²) in [5, 5.41) is 0. The van der Waals surface area contributed by atoms with Gasteiger partial charge < -0.3 is 14.0 Å². The van der Waals surface area contributed by atoms with Gasteiger partial charge in [-0.25, -0.2) is 4.79 Å². The number of hydrogen-bond donors (Lipinski definition) is 0. The standard InChI is InChI=1S/C19H23N3O4/c1-5-22-15(12-26-13-9-7-6-8-10-13)14(11-25-4)16-17(22)18(23)21(3)19(24)20(16)2/h6-10H,5,11-12H2,1-4H3. The number of methoxy groups -OCH3 is 1. The van der Waals surface area contributed by atoms with E-state index in [1.54, 1.807) is 14.2 Å². The molecule has 3 rings (SSSR count). The topological polar surface area (TPSA) is 67.4 Å². The van der Waals surface area contributed by atoms with Crippen LogP contribution in [0.2, 0.25) is 0 Å². The fourth-order valence-electron chi connectivity index (χ4n) is 3.33. The van der Waals surface area contributed by atoms with Gasteiger partial charge >= 0.3 is 5.69 Å². The number of nitrogens with zero attached hydrogens (tertiary/aromatic N) is 3. The van der Waals surface area contributed by atoms with E-state index in [-0.39, 0.29) is 24.5 Å². The highest BCUT2D eigenvalue weighted by molar-refractivity contribution is 5.81. The van der Waals surface area contributed by atoms with E-state index in [0.717, 1.165) is 21.6 Å². The Labute approximate surface area is 151 Å². The van der Waals surface area contributed by atoms with Crippen LogP contribution in [0.3, 0.4) is 0 Å². The van der Waals surface area contributed by atoms with Gasteiger partial charge in [0.2, 0.25) is 0 Å². The maximum Gasteiger partial charge on any atom is 0.331 e. The smallest absolute Gasteiger partial charge is 0.331 e. The average Bonchev–Trinajstić information content (AvgIpc) is 2.97. The van der Waals surface area contributed by atoms with E-state index in [4.69, 9.17) is 9.47 Å². The molecule has 0 atom stereocenters. The summed E-state index contributed by atoms with van der Waals surface area (Å²) in [6, 6.07) is 9.49. The minimum atomic E-state index is -0.358. The third kappa shape index (κ3) is 2.84. The van der Waals surface area contributed by atoms with Crippen LogP contribution in [-0.2, 0) is 38.6 Å². The first kappa shape index (κ1) is 18.0. The summed E-state index contributed by atoms with van der Waals surface area (Å²) in [6.07, 6.45) is 0. The van der Waals surface area contributed by atoms with Crippen molar-refractivity contribution in [3.8, 4) is 5.75 Å². The third-order valence-corrected chi connectivity index (χ3v) is 4.59. The van der Waals surface area contributed by atoms with E-state index in [0.29, 0.717) is 17.6 Å². The maximum atomic E-state index is 12.8. The second-order valence-electron chi connectivity index (χ2n) is 6.11. The van der Waals surface area contributed by atoms with Crippen LogP contribution in [0.15, 0.2) is 39.9 Å². The number of aromatic nitrogens is 3. The second kappa shape index (κ2) is 7.21. The highest BCUT2D eigenvalue weighted by atomic mass is 16.5. The summed E-state index contributed by atoms with van der Waals surface area (Å²) < 4.78 is 15.8. The summed E-state index contributed by atoms with van der Waals surface area (Å²) in [5.41, 5.74) is 2.07. The van der Waals surface area contributed by atoms with Crippen molar-refractivity contribution in [2.24, 2.45) is 14.1 Å². The lowest BCUT2D eigenvalue weighted by Crippen LogP contribution is -2.37. The highest BCUT2D eigenvalue weighted by Gasteiger charge is 2.23. The molecular weight excluding hydrogens is 334 g/mol. The average molecular weight is 357 g/mol. The number of fused-ring (bicyclic) bond motifs is 1. The van der Waals surface area contributed by atoms with E-state index in [1.807, 2.05) is 41.8 Å². The number of para-hydroxylation sites is 1. The van der Waals surface area contributed by atoms with Gasteiger partial charge in [-0.1, -0.05) is 18.2 Å². The first-order chi connectivity index (χ1) is 12.5. The molecule has 2 aromatic heterocycles. The molecular formula is C19H23N3O4. The normalized spacial score (nSPS) is 11.2. The molecule has 0 radical (unpaired) electrons. The molecule has 0 bridgehead atoms. The molecule has 1 aromatic carbocycles. The van der Waals surface area contributed by atoms with Gasteiger partial charge in [0.1, 0.15) is 17.9 Å². The molecule has 7 heteroatoms. The molecule has 26 heavy (non-hydrogen) atoms. The van der Waals surface area contributed by atoms with Crippen LogP contribution in [-0.4, -0.2) is 20.8 Å². The van der Waals surface area contributed by atoms with Crippen molar-refractivity contribution in [1.82, 2.24) is 13.7 Å². The molecule has 0 fully saturated rings. The SMILES string of the molecule is CCn1c(COc2ccccc2)c(COC)c2c1c(=O)n(C)c(=O)n2C. The molecule has 7 nitrogen and oxygen atoms in total. The van der Waals surface area contributed by atoms with Gasteiger partial charge in [0, 0.05) is 33.3 Å². The Morgan fingerprint density at radius 3 is 2.27 bits per heavy atom. The zero-order chi connectivity index (χ0) is 18.8. The van der Waals surface area contributed by atoms with E-state index >= 15 is 0 Å². The van der Waals surface area contributed by atoms with Gasteiger partial charge in [-0.3, -0.25) is 13.9 Å². The second-order valence-corrected chi connectivity index (χ2v) is 6.11. The van der Waals surface area contributed by atoms with Gasteiger partial charge in [0.05, 0.1) is 17.8 Å². The number of benzene rings is 1. The molecule has 0 aliphatic rings. The number of rotatable bonds is 6. The quantitative estimate of drug-likeness (QED) is 0.674. The van der Waals surface area contributed by atoms with Crippen LogP contribution in [0.1, 0.15) is 18.2 Å². The van der Waals surface area contributed by atoms with Crippen molar-refractivity contribution in [2.75, 3.05) is 7.11 Å². The summed E-state index contributed by atoms with van der Waals surface area (Å²) in [4.78, 5) is 25.2. The lowest BCUT2D eigenvalue weighted by molar-refractivity contribution is 0.182. The molecule has 0 aliphatic carbocycles. The van der Waals surface area contributed by atoms with Crippen molar-refractivity contribution in [1.29, 1.82) is 0 Å². The van der Waals surface area contributed by atoms with Crippen LogP contribution in [0.4, 0.5) is 0 Å². The summed E-state index contributed by atoms with van der Waals surface area (Å²) in [5.74, 6) is 0.741. The minimum absolute atomic E-state index is 0.280. The Morgan fingerprint density at radius 1 is 0.962 bits per heavy atom. The summed E-state index contributed by atoms with van der Waals surface area (Å²) in [7, 11) is 4.76. The Kier molecular flexibility index (Phi) is 4.99. The third-order valence-electron chi connectivity index (χ3n) is 4.59. The van der Waals surface area contributed by atoms with Gasteiger partial charge in [-0.15, -0.1) is 0 Å². The number of aryl methyl sites for hydroxylation is 2. The van der Waals surface area contributed by atoms with Gasteiger partial charge in [0.15, 0.2) is 0 Å². The van der Waals surface area contributed by atoms with Crippen LogP contribution < -0.4 is 16.0 Å². The summed E-state index contributed by atoms with van der Waals surface area (Å²) >= 11 is 0. The number of hydrogen-bond acceptors (Lipinski definition) is 4. The monoisotopic (exact) mass is 357 g/mol. The van der Waals surface area contributed by atoms with Crippen LogP contribution in [0.25, 0.3) is 11.0 Å². The molecule has 0 saturated heterocycles. The Hall–Kier alpha value is -2.80. The van der Waals surface area contributed by atoms with E-state index in [9.17, 15) is 9.59 Å². The lowest BCUT2D eigenvalue weighted by Gasteiger charge is -2.11. The fraction of sp³-hybridized carbons (Fsp3) is 0.368. The minimum Gasteiger partial charge on any atom is -0.487 e. The lowest BCUT2D eigenvalue weighted by atomic mass is 10.2. The molecule has 3 aromatic rings. The predicted molar refractivity (Wildman–Crippen MR) is 99.6 cm³/mol. The van der Waals surface area contributed by atoms with E-state index in [2.05, 4.69) is 0 Å². The molecule has 0 N–H and O–H groups in total. The van der Waals surface area contributed by atoms with Crippen LogP contribution in [0, 0.1) is 0 Å².